The Bertz CT molecular complexity index is 605. The second-order valence-electron chi connectivity index (χ2n) is 7.11. The number of likely N-dealkylation sites (tertiary alicyclic amines) is 1. The lowest BCUT2D eigenvalue weighted by Crippen LogP contribution is -2.38. The Morgan fingerprint density at radius 2 is 1.96 bits per heavy atom. The fourth-order valence-corrected chi connectivity index (χ4v) is 4.36. The highest BCUT2D eigenvalue weighted by Crippen LogP contribution is 2.49. The third-order valence-corrected chi connectivity index (χ3v) is 5.77. The van der Waals surface area contributed by atoms with Gasteiger partial charge in [-0.15, -0.1) is 0 Å². The number of rotatable bonds is 3. The van der Waals surface area contributed by atoms with Gasteiger partial charge in [-0.2, -0.15) is 0 Å². The Morgan fingerprint density at radius 1 is 1.26 bits per heavy atom. The maximum absolute atomic E-state index is 12.8. The van der Waals surface area contributed by atoms with Crippen molar-refractivity contribution < 1.29 is 9.59 Å². The number of hydrogen-bond donors (Lipinski definition) is 1. The van der Waals surface area contributed by atoms with E-state index in [9.17, 15) is 9.59 Å². The summed E-state index contributed by atoms with van der Waals surface area (Å²) in [6.07, 6.45) is 4.92. The van der Waals surface area contributed by atoms with Gasteiger partial charge in [-0.1, -0.05) is 37.1 Å². The molecule has 2 amide bonds. The third-order valence-electron chi connectivity index (χ3n) is 5.77. The van der Waals surface area contributed by atoms with Crippen LogP contribution in [0.25, 0.3) is 0 Å². The molecule has 1 aromatic carbocycles. The van der Waals surface area contributed by atoms with Crippen molar-refractivity contribution in [2.45, 2.75) is 39.0 Å². The third kappa shape index (κ3) is 2.99. The molecule has 2 fully saturated rings. The van der Waals surface area contributed by atoms with Crippen molar-refractivity contribution in [3.05, 3.63) is 35.4 Å². The van der Waals surface area contributed by atoms with Gasteiger partial charge in [0.05, 0.1) is 12.3 Å². The van der Waals surface area contributed by atoms with Crippen LogP contribution in [0.15, 0.2) is 24.3 Å². The Hall–Kier alpha value is -1.84. The number of nitrogens with one attached hydrogen (secondary N) is 1. The van der Waals surface area contributed by atoms with E-state index in [1.165, 1.54) is 12.8 Å². The molecular formula is C19H26N2O2. The van der Waals surface area contributed by atoms with Gasteiger partial charge in [-0.3, -0.25) is 9.59 Å². The Kier molecular flexibility index (Phi) is 4.42. The van der Waals surface area contributed by atoms with Gasteiger partial charge in [-0.25, -0.2) is 0 Å². The number of carbonyl (C=O) groups excluding carboxylic acids is 2. The molecule has 2 aliphatic rings. The van der Waals surface area contributed by atoms with E-state index in [0.29, 0.717) is 13.0 Å². The first-order valence-corrected chi connectivity index (χ1v) is 8.60. The normalized spacial score (nSPS) is 22.5. The monoisotopic (exact) mass is 314 g/mol. The number of nitrogens with zero attached hydrogens (tertiary/aromatic N) is 1. The molecule has 1 saturated heterocycles. The standard InChI is InChI=1S/C19H26N2O2/c1-14-7-3-4-8-15(14)11-17(22)21-12-16(18(23)20-2)19(13-21)9-5-6-10-19/h3-4,7-8,16H,5-6,9-13H2,1-2H3,(H,20,23). The minimum atomic E-state index is -0.0455. The molecule has 1 heterocycles. The molecule has 1 spiro atoms. The smallest absolute Gasteiger partial charge is 0.227 e. The molecule has 1 unspecified atom stereocenters. The van der Waals surface area contributed by atoms with E-state index in [1.54, 1.807) is 7.05 Å². The first-order valence-electron chi connectivity index (χ1n) is 8.60. The Balaban J connectivity index is 1.75. The zero-order valence-electron chi connectivity index (χ0n) is 14.1. The molecule has 1 N–H and O–H groups in total. The number of aryl methyl sites for hydroxylation is 1. The van der Waals surface area contributed by atoms with Gasteiger partial charge < -0.3 is 10.2 Å². The lowest BCUT2D eigenvalue weighted by atomic mass is 9.76. The molecule has 3 rings (SSSR count). The summed E-state index contributed by atoms with van der Waals surface area (Å²) in [7, 11) is 1.70. The zero-order valence-corrected chi connectivity index (χ0v) is 14.1. The first-order chi connectivity index (χ1) is 11.1. The van der Waals surface area contributed by atoms with Crippen molar-refractivity contribution in [1.29, 1.82) is 0 Å². The molecule has 1 atom stereocenters. The summed E-state index contributed by atoms with van der Waals surface area (Å²) in [6, 6.07) is 8.03. The van der Waals surface area contributed by atoms with Crippen molar-refractivity contribution in [3.63, 3.8) is 0 Å². The average Bonchev–Trinajstić information content (AvgIpc) is 3.17. The molecule has 4 heteroatoms. The summed E-state index contributed by atoms with van der Waals surface area (Å²) in [5.41, 5.74) is 2.25. The minimum absolute atomic E-state index is 0.0154. The Morgan fingerprint density at radius 3 is 2.61 bits per heavy atom. The highest BCUT2D eigenvalue weighted by atomic mass is 16.2. The molecule has 124 valence electrons. The van der Waals surface area contributed by atoms with Crippen molar-refractivity contribution in [3.8, 4) is 0 Å². The van der Waals surface area contributed by atoms with Crippen LogP contribution in [-0.4, -0.2) is 36.9 Å². The van der Waals surface area contributed by atoms with E-state index in [-0.39, 0.29) is 23.1 Å². The molecule has 1 aromatic rings. The molecule has 1 aliphatic carbocycles. The number of hydrogen-bond acceptors (Lipinski definition) is 2. The van der Waals surface area contributed by atoms with E-state index in [2.05, 4.69) is 5.32 Å². The van der Waals surface area contributed by atoms with Crippen LogP contribution in [0.5, 0.6) is 0 Å². The van der Waals surface area contributed by atoms with Crippen LogP contribution >= 0.6 is 0 Å². The van der Waals surface area contributed by atoms with Crippen LogP contribution in [0.3, 0.4) is 0 Å². The lowest BCUT2D eigenvalue weighted by molar-refractivity contribution is -0.130. The van der Waals surface area contributed by atoms with Crippen LogP contribution in [0.4, 0.5) is 0 Å². The highest BCUT2D eigenvalue weighted by molar-refractivity contribution is 5.84. The van der Waals surface area contributed by atoms with Crippen molar-refractivity contribution >= 4 is 11.8 Å². The predicted octanol–water partition coefficient (Wildman–Crippen LogP) is 2.30. The van der Waals surface area contributed by atoms with E-state index >= 15 is 0 Å². The molecule has 0 bridgehead atoms. The van der Waals surface area contributed by atoms with Gasteiger partial charge in [-0.05, 0) is 30.9 Å². The Labute approximate surface area is 138 Å². The van der Waals surface area contributed by atoms with Crippen LogP contribution in [0.1, 0.15) is 36.8 Å². The molecule has 0 radical (unpaired) electrons. The average molecular weight is 314 g/mol. The van der Waals surface area contributed by atoms with Crippen molar-refractivity contribution in [1.82, 2.24) is 10.2 Å². The fourth-order valence-electron chi connectivity index (χ4n) is 4.36. The summed E-state index contributed by atoms with van der Waals surface area (Å²) in [5.74, 6) is 0.200. The number of benzene rings is 1. The van der Waals surface area contributed by atoms with Gasteiger partial charge in [0.2, 0.25) is 11.8 Å². The van der Waals surface area contributed by atoms with Crippen LogP contribution < -0.4 is 5.32 Å². The second kappa shape index (κ2) is 6.34. The summed E-state index contributed by atoms with van der Waals surface area (Å²) < 4.78 is 0. The van der Waals surface area contributed by atoms with Gasteiger partial charge in [0.1, 0.15) is 0 Å². The summed E-state index contributed by atoms with van der Waals surface area (Å²) in [6.45, 7) is 3.36. The quantitative estimate of drug-likeness (QED) is 0.931. The number of carbonyl (C=O) groups is 2. The van der Waals surface area contributed by atoms with E-state index in [4.69, 9.17) is 0 Å². The SMILES string of the molecule is CNC(=O)C1CN(C(=O)Cc2ccccc2C)CC12CCCC2. The number of amides is 2. The maximum Gasteiger partial charge on any atom is 0.227 e. The van der Waals surface area contributed by atoms with Gasteiger partial charge >= 0.3 is 0 Å². The lowest BCUT2D eigenvalue weighted by Gasteiger charge is -2.28. The summed E-state index contributed by atoms with van der Waals surface area (Å²) in [4.78, 5) is 27.0. The van der Waals surface area contributed by atoms with Gasteiger partial charge in [0.25, 0.3) is 0 Å². The largest absolute Gasteiger partial charge is 0.359 e. The molecule has 1 aliphatic heterocycles. The topological polar surface area (TPSA) is 49.4 Å². The van der Waals surface area contributed by atoms with Crippen molar-refractivity contribution in [2.24, 2.45) is 11.3 Å². The van der Waals surface area contributed by atoms with E-state index in [1.807, 2.05) is 36.1 Å². The molecule has 0 aromatic heterocycles. The van der Waals surface area contributed by atoms with Crippen LogP contribution in [-0.2, 0) is 16.0 Å². The highest BCUT2D eigenvalue weighted by Gasteiger charge is 2.51. The van der Waals surface area contributed by atoms with Gasteiger partial charge in [0, 0.05) is 25.6 Å². The maximum atomic E-state index is 12.8. The minimum Gasteiger partial charge on any atom is -0.359 e. The van der Waals surface area contributed by atoms with Crippen LogP contribution in [0.2, 0.25) is 0 Å². The van der Waals surface area contributed by atoms with E-state index in [0.717, 1.165) is 30.5 Å². The molecule has 4 nitrogen and oxygen atoms in total. The summed E-state index contributed by atoms with van der Waals surface area (Å²) >= 11 is 0. The van der Waals surface area contributed by atoms with Gasteiger partial charge in [0.15, 0.2) is 0 Å². The molecular weight excluding hydrogens is 288 g/mol. The summed E-state index contributed by atoms with van der Waals surface area (Å²) in [5, 5.41) is 2.80. The van der Waals surface area contributed by atoms with Crippen molar-refractivity contribution in [2.75, 3.05) is 20.1 Å². The molecule has 1 saturated carbocycles. The van der Waals surface area contributed by atoms with Crippen LogP contribution in [0, 0.1) is 18.3 Å². The zero-order chi connectivity index (χ0) is 16.4. The van der Waals surface area contributed by atoms with E-state index < -0.39 is 0 Å². The predicted molar refractivity (Wildman–Crippen MR) is 89.9 cm³/mol. The molecule has 23 heavy (non-hydrogen) atoms. The second-order valence-corrected chi connectivity index (χ2v) is 7.11. The first kappa shape index (κ1) is 16.0. The fraction of sp³-hybridized carbons (Fsp3) is 0.579.